The second kappa shape index (κ2) is 9.46. The Morgan fingerprint density at radius 1 is 1.07 bits per heavy atom. The number of ether oxygens (including phenoxy) is 2. The molecule has 0 aliphatic carbocycles. The lowest BCUT2D eigenvalue weighted by atomic mass is 10.1. The van der Waals surface area contributed by atoms with Crippen LogP contribution < -0.4 is 4.74 Å². The molecule has 9 heteroatoms. The molecule has 1 N–H and O–H groups in total. The molecule has 0 bridgehead atoms. The summed E-state index contributed by atoms with van der Waals surface area (Å²) in [7, 11) is -2.27. The van der Waals surface area contributed by atoms with Crippen molar-refractivity contribution in [3.63, 3.8) is 0 Å². The largest absolute Gasteiger partial charge is 0.507 e. The second-order valence-corrected chi connectivity index (χ2v) is 8.91. The minimum Gasteiger partial charge on any atom is -0.507 e. The Morgan fingerprint density at radius 3 is 2.47 bits per heavy atom. The SMILES string of the molecule is COCCOc1ccccc1C(=O)N1CCN(S(=O)(=O)c2cc(C)ccc2O)CC1. The van der Waals surface area contributed by atoms with Gasteiger partial charge in [-0.15, -0.1) is 0 Å². The Bertz CT molecular complexity index is 1000. The molecule has 1 saturated heterocycles. The Morgan fingerprint density at radius 2 is 1.77 bits per heavy atom. The molecule has 2 aromatic carbocycles. The molecule has 0 aromatic heterocycles. The number of methoxy groups -OCH3 is 1. The number of rotatable bonds is 7. The number of carbonyl (C=O) groups is 1. The number of carbonyl (C=O) groups excluding carboxylic acids is 1. The van der Waals surface area contributed by atoms with E-state index < -0.39 is 10.0 Å². The van der Waals surface area contributed by atoms with Crippen molar-refractivity contribution >= 4 is 15.9 Å². The van der Waals surface area contributed by atoms with Gasteiger partial charge in [0.25, 0.3) is 5.91 Å². The minimum absolute atomic E-state index is 0.112. The summed E-state index contributed by atoms with van der Waals surface area (Å²) in [5.41, 5.74) is 1.17. The normalized spacial score (nSPS) is 15.2. The van der Waals surface area contributed by atoms with Crippen molar-refractivity contribution < 1.29 is 27.8 Å². The average molecular weight is 435 g/mol. The van der Waals surface area contributed by atoms with Crippen molar-refractivity contribution in [1.82, 2.24) is 9.21 Å². The van der Waals surface area contributed by atoms with Gasteiger partial charge in [-0.2, -0.15) is 4.31 Å². The van der Waals surface area contributed by atoms with Crippen LogP contribution in [-0.2, 0) is 14.8 Å². The highest BCUT2D eigenvalue weighted by Gasteiger charge is 2.32. The lowest BCUT2D eigenvalue weighted by Crippen LogP contribution is -2.50. The van der Waals surface area contributed by atoms with Gasteiger partial charge in [-0.1, -0.05) is 18.2 Å². The first kappa shape index (κ1) is 22.1. The van der Waals surface area contributed by atoms with E-state index in [0.717, 1.165) is 5.56 Å². The van der Waals surface area contributed by atoms with E-state index in [2.05, 4.69) is 0 Å². The van der Waals surface area contributed by atoms with Gasteiger partial charge in [0, 0.05) is 33.3 Å². The van der Waals surface area contributed by atoms with E-state index in [9.17, 15) is 18.3 Å². The number of aromatic hydroxyl groups is 1. The van der Waals surface area contributed by atoms with Crippen molar-refractivity contribution in [2.24, 2.45) is 0 Å². The first-order valence-corrected chi connectivity index (χ1v) is 11.1. The van der Waals surface area contributed by atoms with E-state index in [-0.39, 0.29) is 42.7 Å². The van der Waals surface area contributed by atoms with Crippen LogP contribution in [-0.4, -0.2) is 75.1 Å². The summed E-state index contributed by atoms with van der Waals surface area (Å²) in [6.07, 6.45) is 0. The lowest BCUT2D eigenvalue weighted by Gasteiger charge is -2.34. The Labute approximate surface area is 176 Å². The highest BCUT2D eigenvalue weighted by Crippen LogP contribution is 2.28. The van der Waals surface area contributed by atoms with Crippen LogP contribution in [0.5, 0.6) is 11.5 Å². The van der Waals surface area contributed by atoms with Crippen LogP contribution in [0.15, 0.2) is 47.4 Å². The molecule has 1 heterocycles. The van der Waals surface area contributed by atoms with Gasteiger partial charge in [0.05, 0.1) is 12.2 Å². The van der Waals surface area contributed by atoms with Crippen molar-refractivity contribution in [3.05, 3.63) is 53.6 Å². The molecule has 3 rings (SSSR count). The number of phenols is 1. The van der Waals surface area contributed by atoms with E-state index >= 15 is 0 Å². The number of hydrogen-bond acceptors (Lipinski definition) is 6. The van der Waals surface area contributed by atoms with Crippen LogP contribution >= 0.6 is 0 Å². The summed E-state index contributed by atoms with van der Waals surface area (Å²) >= 11 is 0. The summed E-state index contributed by atoms with van der Waals surface area (Å²) < 4.78 is 37.8. The molecule has 8 nitrogen and oxygen atoms in total. The molecule has 0 spiro atoms. The fourth-order valence-electron chi connectivity index (χ4n) is 3.27. The minimum atomic E-state index is -3.85. The van der Waals surface area contributed by atoms with Crippen LogP contribution in [0.25, 0.3) is 0 Å². The number of amides is 1. The molecule has 162 valence electrons. The molecular formula is C21H26N2O6S. The smallest absolute Gasteiger partial charge is 0.257 e. The summed E-state index contributed by atoms with van der Waals surface area (Å²) in [5.74, 6) is -0.0148. The number of sulfonamides is 1. The van der Waals surface area contributed by atoms with Gasteiger partial charge in [-0.3, -0.25) is 4.79 Å². The number of phenolic OH excluding ortho intramolecular Hbond substituents is 1. The van der Waals surface area contributed by atoms with Gasteiger partial charge >= 0.3 is 0 Å². The van der Waals surface area contributed by atoms with Crippen molar-refractivity contribution in [2.75, 3.05) is 46.5 Å². The summed E-state index contributed by atoms with van der Waals surface area (Å²) in [6.45, 7) is 3.29. The standard InChI is InChI=1S/C21H26N2O6S/c1-16-7-8-18(24)20(15-16)30(26,27)23-11-9-22(10-12-23)21(25)17-5-3-4-6-19(17)29-14-13-28-2/h3-8,15,24H,9-14H2,1-2H3. The second-order valence-electron chi connectivity index (χ2n) is 7.00. The first-order chi connectivity index (χ1) is 14.3. The molecule has 2 aromatic rings. The van der Waals surface area contributed by atoms with Gasteiger partial charge in [-0.25, -0.2) is 8.42 Å². The molecule has 0 atom stereocenters. The van der Waals surface area contributed by atoms with Crippen molar-refractivity contribution in [2.45, 2.75) is 11.8 Å². The molecule has 0 saturated carbocycles. The van der Waals surface area contributed by atoms with Crippen LogP contribution in [0, 0.1) is 6.92 Å². The quantitative estimate of drug-likeness (QED) is 0.669. The van der Waals surface area contributed by atoms with Crippen LogP contribution in [0.2, 0.25) is 0 Å². The molecule has 1 amide bonds. The summed E-state index contributed by atoms with van der Waals surface area (Å²) in [4.78, 5) is 14.5. The third-order valence-corrected chi connectivity index (χ3v) is 6.85. The Balaban J connectivity index is 1.70. The maximum atomic E-state index is 13.0. The predicted octanol–water partition coefficient (Wildman–Crippen LogP) is 1.87. The number of hydrogen-bond donors (Lipinski definition) is 1. The Kier molecular flexibility index (Phi) is 6.96. The first-order valence-electron chi connectivity index (χ1n) is 9.64. The van der Waals surface area contributed by atoms with Crippen molar-refractivity contribution in [1.29, 1.82) is 0 Å². The van der Waals surface area contributed by atoms with E-state index in [1.54, 1.807) is 49.3 Å². The zero-order valence-corrected chi connectivity index (χ0v) is 17.9. The highest BCUT2D eigenvalue weighted by atomic mass is 32.2. The molecular weight excluding hydrogens is 408 g/mol. The molecule has 1 aliphatic rings. The maximum absolute atomic E-state index is 13.0. The van der Waals surface area contributed by atoms with E-state index in [4.69, 9.17) is 9.47 Å². The Hall–Kier alpha value is -2.62. The number of piperazine rings is 1. The third-order valence-electron chi connectivity index (χ3n) is 4.92. The number of benzene rings is 2. The van der Waals surface area contributed by atoms with Crippen LogP contribution in [0.1, 0.15) is 15.9 Å². The fraction of sp³-hybridized carbons (Fsp3) is 0.381. The molecule has 30 heavy (non-hydrogen) atoms. The van der Waals surface area contributed by atoms with E-state index in [0.29, 0.717) is 24.5 Å². The van der Waals surface area contributed by atoms with Gasteiger partial charge in [-0.05, 0) is 36.8 Å². The van der Waals surface area contributed by atoms with Gasteiger partial charge in [0.1, 0.15) is 23.0 Å². The molecule has 1 aliphatic heterocycles. The van der Waals surface area contributed by atoms with Crippen LogP contribution in [0.4, 0.5) is 0 Å². The zero-order valence-electron chi connectivity index (χ0n) is 17.1. The highest BCUT2D eigenvalue weighted by molar-refractivity contribution is 7.89. The number of nitrogens with zero attached hydrogens (tertiary/aromatic N) is 2. The monoisotopic (exact) mass is 434 g/mol. The van der Waals surface area contributed by atoms with E-state index in [1.165, 1.54) is 16.4 Å². The van der Waals surface area contributed by atoms with Gasteiger partial charge in [0.15, 0.2) is 0 Å². The number of aryl methyl sites for hydroxylation is 1. The lowest BCUT2D eigenvalue weighted by molar-refractivity contribution is 0.0691. The zero-order chi connectivity index (χ0) is 21.7. The van der Waals surface area contributed by atoms with Crippen molar-refractivity contribution in [3.8, 4) is 11.5 Å². The number of para-hydroxylation sites is 1. The topological polar surface area (TPSA) is 96.4 Å². The predicted molar refractivity (Wildman–Crippen MR) is 111 cm³/mol. The average Bonchev–Trinajstić information content (AvgIpc) is 2.75. The fourth-order valence-corrected chi connectivity index (χ4v) is 4.86. The molecule has 0 unspecified atom stereocenters. The molecule has 1 fully saturated rings. The van der Waals surface area contributed by atoms with Gasteiger partial charge < -0.3 is 19.5 Å². The maximum Gasteiger partial charge on any atom is 0.257 e. The van der Waals surface area contributed by atoms with E-state index in [1.807, 2.05) is 0 Å². The molecule has 0 radical (unpaired) electrons. The summed E-state index contributed by atoms with van der Waals surface area (Å²) in [6, 6.07) is 11.5. The van der Waals surface area contributed by atoms with Crippen LogP contribution in [0.3, 0.4) is 0 Å². The van der Waals surface area contributed by atoms with Gasteiger partial charge in [0.2, 0.25) is 10.0 Å². The summed E-state index contributed by atoms with van der Waals surface area (Å²) in [5, 5.41) is 10.0. The third kappa shape index (κ3) is 4.75.